The van der Waals surface area contributed by atoms with Crippen LogP contribution in [0.2, 0.25) is 0 Å². The molecule has 0 radical (unpaired) electrons. The van der Waals surface area contributed by atoms with Crippen molar-refractivity contribution < 1.29 is 27.9 Å². The first kappa shape index (κ1) is 37.2. The number of carboxylic acids is 1. The minimum atomic E-state index is -5.08. The van der Waals surface area contributed by atoms with Crippen LogP contribution in [0.5, 0.6) is 0 Å². The monoisotopic (exact) mass is 674 g/mol. The van der Waals surface area contributed by atoms with Gasteiger partial charge in [0, 0.05) is 44.5 Å². The van der Waals surface area contributed by atoms with Crippen LogP contribution in [0.1, 0.15) is 43.4 Å². The second-order valence-electron chi connectivity index (χ2n) is 12.6. The Balaban J connectivity index is 0.000000698. The maximum Gasteiger partial charge on any atom is 0.490 e. The van der Waals surface area contributed by atoms with Crippen molar-refractivity contribution >= 4 is 17.7 Å². The first-order valence-corrected chi connectivity index (χ1v) is 16.6. The lowest BCUT2D eigenvalue weighted by Gasteiger charge is -2.38. The number of aliphatic carboxylic acids is 1. The van der Waals surface area contributed by atoms with Gasteiger partial charge in [-0.05, 0) is 65.3 Å². The fourth-order valence-corrected chi connectivity index (χ4v) is 5.63. The smallest absolute Gasteiger partial charge is 0.475 e. The summed E-state index contributed by atoms with van der Waals surface area (Å²) in [6.45, 7) is 9.88. The van der Waals surface area contributed by atoms with Crippen LogP contribution in [-0.2, 0) is 24.4 Å². The maximum atomic E-state index is 13.6. The fraction of sp³-hybridized carbons (Fsp3) is 0.333. The molecule has 2 amide bonds. The van der Waals surface area contributed by atoms with Crippen molar-refractivity contribution in [3.63, 3.8) is 0 Å². The Morgan fingerprint density at radius 1 is 0.796 bits per heavy atom. The van der Waals surface area contributed by atoms with Gasteiger partial charge >= 0.3 is 18.2 Å². The summed E-state index contributed by atoms with van der Waals surface area (Å²) in [4.78, 5) is 27.1. The van der Waals surface area contributed by atoms with Gasteiger partial charge in [-0.2, -0.15) is 13.2 Å². The number of halogens is 3. The summed E-state index contributed by atoms with van der Waals surface area (Å²) >= 11 is 0. The van der Waals surface area contributed by atoms with Crippen LogP contribution in [0.4, 0.5) is 23.7 Å². The number of amides is 2. The molecule has 0 aliphatic carbocycles. The number of hydrogen-bond donors (Lipinski definition) is 3. The number of carbonyl (C=O) groups is 2. The maximum absolute atomic E-state index is 13.6. The molecule has 5 rings (SSSR count). The summed E-state index contributed by atoms with van der Waals surface area (Å²) in [5.74, 6) is -2.11. The van der Waals surface area contributed by atoms with E-state index >= 15 is 0 Å². The van der Waals surface area contributed by atoms with Crippen molar-refractivity contribution in [3.05, 3.63) is 126 Å². The van der Waals surface area contributed by atoms with Gasteiger partial charge in [-0.15, -0.1) is 0 Å². The van der Waals surface area contributed by atoms with E-state index in [2.05, 4.69) is 108 Å². The summed E-state index contributed by atoms with van der Waals surface area (Å²) in [6.07, 6.45) is -3.16. The number of alkyl halides is 3. The second-order valence-corrected chi connectivity index (χ2v) is 12.6. The first-order chi connectivity index (χ1) is 23.5. The molecule has 0 spiro atoms. The Labute approximate surface area is 286 Å². The van der Waals surface area contributed by atoms with Crippen molar-refractivity contribution in [2.75, 3.05) is 25.0 Å². The molecule has 1 aliphatic rings. The normalized spacial score (nSPS) is 13.8. The zero-order chi connectivity index (χ0) is 35.2. The molecule has 0 atom stereocenters. The third-order valence-electron chi connectivity index (χ3n) is 8.25. The van der Waals surface area contributed by atoms with E-state index in [0.717, 1.165) is 56.8 Å². The molecule has 3 N–H and O–H groups in total. The predicted octanol–water partition coefficient (Wildman–Crippen LogP) is 8.43. The highest BCUT2D eigenvalue weighted by molar-refractivity contribution is 5.89. The van der Waals surface area contributed by atoms with Gasteiger partial charge in [0.15, 0.2) is 0 Å². The Bertz CT molecular complexity index is 1570. The molecule has 0 aromatic heterocycles. The highest BCUT2D eigenvalue weighted by atomic mass is 19.4. The van der Waals surface area contributed by atoms with Crippen LogP contribution in [0.15, 0.2) is 109 Å². The molecular formula is C39H45F3N4O3. The number of piperidine rings is 1. The lowest BCUT2D eigenvalue weighted by molar-refractivity contribution is -0.192. The number of nitrogens with zero attached hydrogens (tertiary/aromatic N) is 2. The molecule has 0 bridgehead atoms. The molecule has 0 saturated carbocycles. The standard InChI is InChI=1S/C37H44N4O.C2HF3O2/c1-29(2)25-38-26-30-13-17-33(18-14-30)34-19-15-32(16-20-34)28-41(37(42)39-35-11-7-4-8-12-35)36-21-23-40(24-22-36)27-31-9-5-3-6-10-31;3-2(4,5)1(6)7/h3-20,29,36,38H,21-28H2,1-2H3,(H,39,42);(H,6,7). The van der Waals surface area contributed by atoms with Crippen LogP contribution in [0.3, 0.4) is 0 Å². The van der Waals surface area contributed by atoms with Crippen molar-refractivity contribution in [2.45, 2.75) is 58.5 Å². The largest absolute Gasteiger partial charge is 0.490 e. The van der Waals surface area contributed by atoms with Gasteiger partial charge < -0.3 is 20.6 Å². The number of urea groups is 1. The van der Waals surface area contributed by atoms with Gasteiger partial charge in [0.05, 0.1) is 0 Å². The number of nitrogens with one attached hydrogen (secondary N) is 2. The van der Waals surface area contributed by atoms with E-state index < -0.39 is 12.1 Å². The summed E-state index contributed by atoms with van der Waals surface area (Å²) in [5, 5.41) is 13.8. The topological polar surface area (TPSA) is 84.9 Å². The van der Waals surface area contributed by atoms with Crippen LogP contribution >= 0.6 is 0 Å². The number of likely N-dealkylation sites (tertiary alicyclic amines) is 1. The highest BCUT2D eigenvalue weighted by Gasteiger charge is 2.38. The SMILES string of the molecule is CC(C)CNCc1ccc(-c2ccc(CN(C(=O)Nc3ccccc3)C3CCN(Cc4ccccc4)CC3)cc2)cc1.O=C(O)C(F)(F)F. The molecule has 1 fully saturated rings. The Morgan fingerprint density at radius 3 is 1.82 bits per heavy atom. The molecule has 1 aliphatic heterocycles. The van der Waals surface area contributed by atoms with Gasteiger partial charge in [0.1, 0.15) is 0 Å². The molecule has 4 aromatic rings. The van der Waals surface area contributed by atoms with Gasteiger partial charge in [0.25, 0.3) is 0 Å². The van der Waals surface area contributed by atoms with Crippen molar-refractivity contribution in [1.82, 2.24) is 15.1 Å². The Morgan fingerprint density at radius 2 is 1.31 bits per heavy atom. The van der Waals surface area contributed by atoms with E-state index in [1.165, 1.54) is 22.3 Å². The van der Waals surface area contributed by atoms with E-state index in [1.54, 1.807) is 0 Å². The van der Waals surface area contributed by atoms with Crippen molar-refractivity contribution in [1.29, 1.82) is 0 Å². The summed E-state index contributed by atoms with van der Waals surface area (Å²) in [7, 11) is 0. The Kier molecular flexibility index (Phi) is 13.8. The molecule has 7 nitrogen and oxygen atoms in total. The van der Waals surface area contributed by atoms with Crippen LogP contribution in [0, 0.1) is 5.92 Å². The predicted molar refractivity (Wildman–Crippen MR) is 188 cm³/mol. The third kappa shape index (κ3) is 12.4. The number of carbonyl (C=O) groups excluding carboxylic acids is 1. The molecule has 1 heterocycles. The molecule has 10 heteroatoms. The minimum absolute atomic E-state index is 0.0338. The molecule has 260 valence electrons. The highest BCUT2D eigenvalue weighted by Crippen LogP contribution is 2.25. The van der Waals surface area contributed by atoms with Crippen LogP contribution in [-0.4, -0.2) is 58.8 Å². The quantitative estimate of drug-likeness (QED) is 0.149. The third-order valence-corrected chi connectivity index (χ3v) is 8.25. The average molecular weight is 675 g/mol. The van der Waals surface area contributed by atoms with Crippen LogP contribution in [0.25, 0.3) is 11.1 Å². The van der Waals surface area contributed by atoms with E-state index in [0.29, 0.717) is 12.5 Å². The number of hydrogen-bond acceptors (Lipinski definition) is 4. The Hall–Kier alpha value is -4.67. The molecular weight excluding hydrogens is 629 g/mol. The molecule has 49 heavy (non-hydrogen) atoms. The van der Waals surface area contributed by atoms with E-state index in [-0.39, 0.29) is 12.1 Å². The summed E-state index contributed by atoms with van der Waals surface area (Å²) < 4.78 is 31.7. The molecule has 1 saturated heterocycles. The first-order valence-electron chi connectivity index (χ1n) is 16.6. The van der Waals surface area contributed by atoms with E-state index in [4.69, 9.17) is 9.90 Å². The number of para-hydroxylation sites is 1. The zero-order valence-corrected chi connectivity index (χ0v) is 28.0. The number of carboxylic acid groups (broad SMARTS) is 1. The average Bonchev–Trinajstić information content (AvgIpc) is 3.09. The summed E-state index contributed by atoms with van der Waals surface area (Å²) in [5.41, 5.74) is 7.00. The lowest BCUT2D eigenvalue weighted by Crippen LogP contribution is -2.48. The van der Waals surface area contributed by atoms with Gasteiger partial charge in [-0.25, -0.2) is 9.59 Å². The lowest BCUT2D eigenvalue weighted by atomic mass is 10.00. The van der Waals surface area contributed by atoms with Crippen LogP contribution < -0.4 is 10.6 Å². The zero-order valence-electron chi connectivity index (χ0n) is 28.0. The minimum Gasteiger partial charge on any atom is -0.475 e. The second kappa shape index (κ2) is 18.2. The number of rotatable bonds is 11. The van der Waals surface area contributed by atoms with Gasteiger partial charge in [-0.3, -0.25) is 4.90 Å². The molecule has 0 unspecified atom stereocenters. The number of anilines is 1. The number of benzene rings is 4. The van der Waals surface area contributed by atoms with Crippen molar-refractivity contribution in [3.8, 4) is 11.1 Å². The summed E-state index contributed by atoms with van der Waals surface area (Å²) in [6, 6.07) is 38.1. The van der Waals surface area contributed by atoms with E-state index in [9.17, 15) is 18.0 Å². The van der Waals surface area contributed by atoms with Crippen molar-refractivity contribution in [2.24, 2.45) is 5.92 Å². The fourth-order valence-electron chi connectivity index (χ4n) is 5.63. The van der Waals surface area contributed by atoms with E-state index in [1.807, 2.05) is 35.2 Å². The molecule has 4 aromatic carbocycles. The van der Waals surface area contributed by atoms with Gasteiger partial charge in [-0.1, -0.05) is 111 Å². The van der Waals surface area contributed by atoms with Gasteiger partial charge in [0.2, 0.25) is 0 Å².